The maximum atomic E-state index is 12.1. The lowest BCUT2D eigenvalue weighted by Gasteiger charge is -2.42. The molecule has 2 aliphatic carbocycles. The molecule has 114 valence electrons. The Kier molecular flexibility index (Phi) is 4.55. The molecule has 0 radical (unpaired) electrons. The summed E-state index contributed by atoms with van der Waals surface area (Å²) < 4.78 is 0. The zero-order valence-electron chi connectivity index (χ0n) is 12.4. The van der Waals surface area contributed by atoms with Crippen LogP contribution in [0.25, 0.3) is 0 Å². The molecule has 0 spiro atoms. The van der Waals surface area contributed by atoms with E-state index in [1.807, 2.05) is 0 Å². The zero-order valence-corrected chi connectivity index (χ0v) is 12.4. The average molecular weight is 282 g/mol. The number of hydrogen-bond donors (Lipinski definition) is 3. The number of nitrogens with one attached hydrogen (secondary N) is 2. The van der Waals surface area contributed by atoms with E-state index >= 15 is 0 Å². The number of hydrogen-bond acceptors (Lipinski definition) is 2. The fraction of sp³-hybridized carbons (Fsp3) is 0.867. The van der Waals surface area contributed by atoms with Crippen LogP contribution >= 0.6 is 0 Å². The molecule has 2 amide bonds. The fourth-order valence-electron chi connectivity index (χ4n) is 3.38. The van der Waals surface area contributed by atoms with Gasteiger partial charge in [-0.05, 0) is 50.4 Å². The van der Waals surface area contributed by atoms with Crippen molar-refractivity contribution in [3.8, 4) is 0 Å². The molecule has 5 nitrogen and oxygen atoms in total. The number of carboxylic acids is 1. The third-order valence-electron chi connectivity index (χ3n) is 5.11. The van der Waals surface area contributed by atoms with Crippen LogP contribution in [0.1, 0.15) is 58.8 Å². The van der Waals surface area contributed by atoms with E-state index < -0.39 is 11.5 Å². The normalized spacial score (nSPS) is 32.0. The minimum Gasteiger partial charge on any atom is -0.481 e. The number of carbonyl (C=O) groups is 2. The predicted molar refractivity (Wildman–Crippen MR) is 76.5 cm³/mol. The highest BCUT2D eigenvalue weighted by Crippen LogP contribution is 2.35. The lowest BCUT2D eigenvalue weighted by Crippen LogP contribution is -2.58. The summed E-state index contributed by atoms with van der Waals surface area (Å²) in [6.45, 7) is 4.49. The number of carbonyl (C=O) groups excluding carboxylic acids is 1. The number of rotatable bonds is 4. The number of urea groups is 1. The summed E-state index contributed by atoms with van der Waals surface area (Å²) in [5, 5.41) is 14.9. The second-order valence-electron chi connectivity index (χ2n) is 6.77. The molecule has 2 aliphatic rings. The van der Waals surface area contributed by atoms with Gasteiger partial charge >= 0.3 is 12.0 Å². The van der Waals surface area contributed by atoms with Crippen LogP contribution in [0.5, 0.6) is 0 Å². The number of amides is 2. The fourth-order valence-corrected chi connectivity index (χ4v) is 3.38. The van der Waals surface area contributed by atoms with Gasteiger partial charge in [-0.3, -0.25) is 4.79 Å². The SMILES string of the molecule is CC1CCC(NC(=O)NC2(CC(=O)O)CCC2)CC1C. The number of carboxylic acid groups (broad SMARTS) is 1. The van der Waals surface area contributed by atoms with Crippen molar-refractivity contribution < 1.29 is 14.7 Å². The molecule has 0 aromatic carbocycles. The van der Waals surface area contributed by atoms with Gasteiger partial charge in [-0.15, -0.1) is 0 Å². The molecule has 2 rings (SSSR count). The Labute approximate surface area is 120 Å². The second kappa shape index (κ2) is 6.02. The van der Waals surface area contributed by atoms with E-state index in [-0.39, 0.29) is 18.5 Å². The van der Waals surface area contributed by atoms with E-state index in [4.69, 9.17) is 5.11 Å². The molecule has 2 saturated carbocycles. The van der Waals surface area contributed by atoms with Gasteiger partial charge in [0.1, 0.15) is 0 Å². The lowest BCUT2D eigenvalue weighted by molar-refractivity contribution is -0.139. The Hall–Kier alpha value is -1.26. The molecule has 3 N–H and O–H groups in total. The Morgan fingerprint density at radius 3 is 2.40 bits per heavy atom. The van der Waals surface area contributed by atoms with Gasteiger partial charge in [0, 0.05) is 6.04 Å². The zero-order chi connectivity index (χ0) is 14.8. The van der Waals surface area contributed by atoms with Gasteiger partial charge in [0.05, 0.1) is 12.0 Å². The third kappa shape index (κ3) is 3.64. The van der Waals surface area contributed by atoms with Gasteiger partial charge in [0.15, 0.2) is 0 Å². The van der Waals surface area contributed by atoms with Crippen molar-refractivity contribution in [2.45, 2.75) is 70.4 Å². The highest BCUT2D eigenvalue weighted by molar-refractivity contribution is 5.77. The molecule has 2 fully saturated rings. The van der Waals surface area contributed by atoms with E-state index in [1.54, 1.807) is 0 Å². The van der Waals surface area contributed by atoms with E-state index in [0.29, 0.717) is 5.92 Å². The topological polar surface area (TPSA) is 78.4 Å². The minimum absolute atomic E-state index is 0.0263. The summed E-state index contributed by atoms with van der Waals surface area (Å²) in [6, 6.07) is 0.0286. The van der Waals surface area contributed by atoms with Crippen LogP contribution in [0.2, 0.25) is 0 Å². The first kappa shape index (κ1) is 15.1. The van der Waals surface area contributed by atoms with Crippen LogP contribution in [0.3, 0.4) is 0 Å². The maximum absolute atomic E-state index is 12.1. The van der Waals surface area contributed by atoms with E-state index in [1.165, 1.54) is 0 Å². The molecule has 0 bridgehead atoms. The van der Waals surface area contributed by atoms with Gasteiger partial charge in [-0.25, -0.2) is 4.79 Å². The van der Waals surface area contributed by atoms with E-state index in [2.05, 4.69) is 24.5 Å². The quantitative estimate of drug-likeness (QED) is 0.741. The Bertz CT molecular complexity index is 379. The van der Waals surface area contributed by atoms with Crippen LogP contribution in [0.4, 0.5) is 4.79 Å². The molecule has 0 aliphatic heterocycles. The van der Waals surface area contributed by atoms with Gasteiger partial charge < -0.3 is 15.7 Å². The molecular formula is C15H26N2O3. The minimum atomic E-state index is -0.842. The Morgan fingerprint density at radius 2 is 1.90 bits per heavy atom. The molecule has 0 aromatic rings. The molecule has 3 unspecified atom stereocenters. The summed E-state index contributed by atoms with van der Waals surface area (Å²) in [5.74, 6) is 0.511. The predicted octanol–water partition coefficient (Wildman–Crippen LogP) is 2.51. The number of aliphatic carboxylic acids is 1. The molecule has 0 heterocycles. The molecular weight excluding hydrogens is 256 g/mol. The first-order valence-electron chi connectivity index (χ1n) is 7.71. The van der Waals surface area contributed by atoms with Crippen LogP contribution in [0, 0.1) is 11.8 Å². The smallest absolute Gasteiger partial charge is 0.315 e. The largest absolute Gasteiger partial charge is 0.481 e. The first-order valence-corrected chi connectivity index (χ1v) is 7.71. The van der Waals surface area contributed by atoms with Crippen molar-refractivity contribution in [3.05, 3.63) is 0 Å². The van der Waals surface area contributed by atoms with Crippen LogP contribution < -0.4 is 10.6 Å². The molecule has 20 heavy (non-hydrogen) atoms. The molecule has 3 atom stereocenters. The lowest BCUT2D eigenvalue weighted by atomic mass is 9.74. The van der Waals surface area contributed by atoms with Gasteiger partial charge in [-0.1, -0.05) is 13.8 Å². The van der Waals surface area contributed by atoms with Crippen LogP contribution in [0.15, 0.2) is 0 Å². The summed E-state index contributed by atoms with van der Waals surface area (Å²) >= 11 is 0. The van der Waals surface area contributed by atoms with Crippen molar-refractivity contribution in [1.82, 2.24) is 10.6 Å². The summed E-state index contributed by atoms with van der Waals surface area (Å²) in [7, 11) is 0. The standard InChI is InChI=1S/C15H26N2O3/c1-10-4-5-12(8-11(10)2)16-14(20)17-15(6-3-7-15)9-13(18)19/h10-12H,3-9H2,1-2H3,(H,18,19)(H2,16,17,20). The van der Waals surface area contributed by atoms with Gasteiger partial charge in [0.2, 0.25) is 0 Å². The Balaban J connectivity index is 1.81. The van der Waals surface area contributed by atoms with Crippen molar-refractivity contribution in [3.63, 3.8) is 0 Å². The summed E-state index contributed by atoms with van der Waals surface area (Å²) in [6.07, 6.45) is 5.73. The maximum Gasteiger partial charge on any atom is 0.315 e. The van der Waals surface area contributed by atoms with Crippen LogP contribution in [-0.2, 0) is 4.79 Å². The van der Waals surface area contributed by atoms with Crippen molar-refractivity contribution >= 4 is 12.0 Å². The molecule has 0 saturated heterocycles. The molecule has 5 heteroatoms. The highest BCUT2D eigenvalue weighted by Gasteiger charge is 2.40. The van der Waals surface area contributed by atoms with Crippen molar-refractivity contribution in [2.24, 2.45) is 11.8 Å². The Morgan fingerprint density at radius 1 is 1.20 bits per heavy atom. The summed E-state index contributed by atoms with van der Waals surface area (Å²) in [5.41, 5.74) is -0.510. The monoisotopic (exact) mass is 282 g/mol. The highest BCUT2D eigenvalue weighted by atomic mass is 16.4. The molecule has 0 aromatic heterocycles. The first-order chi connectivity index (χ1) is 9.40. The van der Waals surface area contributed by atoms with E-state index in [9.17, 15) is 9.59 Å². The van der Waals surface area contributed by atoms with Crippen molar-refractivity contribution in [1.29, 1.82) is 0 Å². The third-order valence-corrected chi connectivity index (χ3v) is 5.11. The van der Waals surface area contributed by atoms with Crippen molar-refractivity contribution in [2.75, 3.05) is 0 Å². The van der Waals surface area contributed by atoms with Crippen LogP contribution in [-0.4, -0.2) is 28.7 Å². The average Bonchev–Trinajstić information content (AvgIpc) is 2.30. The second-order valence-corrected chi connectivity index (χ2v) is 6.77. The summed E-state index contributed by atoms with van der Waals surface area (Å²) in [4.78, 5) is 23.0. The van der Waals surface area contributed by atoms with E-state index in [0.717, 1.165) is 44.4 Å². The van der Waals surface area contributed by atoms with Gasteiger partial charge in [-0.2, -0.15) is 0 Å². The van der Waals surface area contributed by atoms with Gasteiger partial charge in [0.25, 0.3) is 0 Å².